The molecule has 0 saturated carbocycles. The van der Waals surface area contributed by atoms with Crippen molar-refractivity contribution in [2.45, 2.75) is 32.6 Å². The third-order valence-corrected chi connectivity index (χ3v) is 3.37. The van der Waals surface area contributed by atoms with Crippen LogP contribution >= 0.6 is 0 Å². The van der Waals surface area contributed by atoms with Crippen molar-refractivity contribution in [1.29, 1.82) is 0 Å². The monoisotopic (exact) mass is 262 g/mol. The summed E-state index contributed by atoms with van der Waals surface area (Å²) in [6.07, 6.45) is 4.38. The van der Waals surface area contributed by atoms with E-state index >= 15 is 0 Å². The molecule has 1 aliphatic heterocycles. The highest BCUT2D eigenvalue weighted by Gasteiger charge is 2.15. The molecule has 1 aromatic rings. The predicted octanol–water partition coefficient (Wildman–Crippen LogP) is 1.82. The number of aryl methyl sites for hydroxylation is 1. The zero-order valence-corrected chi connectivity index (χ0v) is 11.7. The molecule has 0 atom stereocenters. The van der Waals surface area contributed by atoms with Gasteiger partial charge in [-0.3, -0.25) is 10.2 Å². The van der Waals surface area contributed by atoms with Crippen LogP contribution in [0.2, 0.25) is 0 Å². The Bertz CT molecular complexity index is 419. The molecule has 0 spiro atoms. The van der Waals surface area contributed by atoms with Crippen LogP contribution in [0.15, 0.2) is 12.1 Å². The third-order valence-electron chi connectivity index (χ3n) is 3.37. The van der Waals surface area contributed by atoms with E-state index < -0.39 is 0 Å². The average molecular weight is 262 g/mol. The van der Waals surface area contributed by atoms with Gasteiger partial charge in [0.2, 0.25) is 0 Å². The van der Waals surface area contributed by atoms with Gasteiger partial charge in [0.1, 0.15) is 5.82 Å². The van der Waals surface area contributed by atoms with Crippen molar-refractivity contribution in [3.63, 3.8) is 0 Å². The van der Waals surface area contributed by atoms with E-state index in [9.17, 15) is 4.79 Å². The van der Waals surface area contributed by atoms with Gasteiger partial charge in [-0.15, -0.1) is 0 Å². The Morgan fingerprint density at radius 1 is 1.32 bits per heavy atom. The molecule has 2 heterocycles. The van der Waals surface area contributed by atoms with E-state index in [0.29, 0.717) is 5.56 Å². The molecule has 0 aromatic carbocycles. The summed E-state index contributed by atoms with van der Waals surface area (Å²) < 4.78 is 0. The normalized spacial score (nSPS) is 16.1. The maximum absolute atomic E-state index is 12.2. The topological polar surface area (TPSA) is 57.3 Å². The van der Waals surface area contributed by atoms with Crippen LogP contribution in [-0.4, -0.2) is 36.0 Å². The highest BCUT2D eigenvalue weighted by atomic mass is 16.2. The summed E-state index contributed by atoms with van der Waals surface area (Å²) in [5.74, 6) is 0.693. The van der Waals surface area contributed by atoms with Crippen molar-refractivity contribution < 1.29 is 4.79 Å². The summed E-state index contributed by atoms with van der Waals surface area (Å²) in [6, 6.07) is 3.65. The van der Waals surface area contributed by atoms with Crippen LogP contribution < -0.4 is 10.7 Å². The van der Waals surface area contributed by atoms with Gasteiger partial charge in [-0.25, -0.2) is 9.99 Å². The molecule has 1 fully saturated rings. The van der Waals surface area contributed by atoms with Crippen LogP contribution in [-0.2, 0) is 6.42 Å². The van der Waals surface area contributed by atoms with Gasteiger partial charge in [0.25, 0.3) is 5.91 Å². The van der Waals surface area contributed by atoms with Gasteiger partial charge in [0, 0.05) is 31.4 Å². The number of amides is 1. The molecule has 19 heavy (non-hydrogen) atoms. The third kappa shape index (κ3) is 3.67. The summed E-state index contributed by atoms with van der Waals surface area (Å²) in [4.78, 5) is 16.6. The summed E-state index contributed by atoms with van der Waals surface area (Å²) >= 11 is 0. The van der Waals surface area contributed by atoms with Crippen LogP contribution in [0.3, 0.4) is 0 Å². The fourth-order valence-corrected chi connectivity index (χ4v) is 2.24. The average Bonchev–Trinajstić information content (AvgIpc) is 2.47. The van der Waals surface area contributed by atoms with E-state index in [1.54, 1.807) is 6.07 Å². The lowest BCUT2D eigenvalue weighted by Gasteiger charge is -2.26. The zero-order valence-electron chi connectivity index (χ0n) is 11.7. The number of nitrogens with zero attached hydrogens (tertiary/aromatic N) is 2. The second-order valence-electron chi connectivity index (χ2n) is 4.82. The van der Waals surface area contributed by atoms with Gasteiger partial charge in [-0.2, -0.15) is 0 Å². The fraction of sp³-hybridized carbons (Fsp3) is 0.571. The van der Waals surface area contributed by atoms with E-state index in [0.717, 1.165) is 43.9 Å². The Balaban J connectivity index is 2.08. The van der Waals surface area contributed by atoms with Crippen LogP contribution in [0.4, 0.5) is 5.82 Å². The first-order valence-corrected chi connectivity index (χ1v) is 6.97. The SMILES string of the molecule is CCc1cc(C(=O)NN2CCCCC2)cc(NC)n1. The molecule has 0 radical (unpaired) electrons. The molecule has 2 N–H and O–H groups in total. The number of rotatable bonds is 4. The molecule has 1 aromatic heterocycles. The van der Waals surface area contributed by atoms with E-state index in [1.807, 2.05) is 25.0 Å². The first-order chi connectivity index (χ1) is 9.22. The number of anilines is 1. The number of hydrogen-bond donors (Lipinski definition) is 2. The van der Waals surface area contributed by atoms with Gasteiger partial charge < -0.3 is 5.32 Å². The molecular formula is C14H22N4O. The van der Waals surface area contributed by atoms with E-state index in [-0.39, 0.29) is 5.91 Å². The minimum absolute atomic E-state index is 0.0458. The molecule has 5 heteroatoms. The molecule has 0 bridgehead atoms. The number of carbonyl (C=O) groups is 1. The minimum Gasteiger partial charge on any atom is -0.373 e. The van der Waals surface area contributed by atoms with Crippen molar-refractivity contribution in [3.05, 3.63) is 23.4 Å². The quantitative estimate of drug-likeness (QED) is 0.869. The maximum atomic E-state index is 12.2. The molecule has 0 aliphatic carbocycles. The first kappa shape index (κ1) is 13.8. The number of carbonyl (C=O) groups excluding carboxylic acids is 1. The molecule has 1 amide bonds. The standard InChI is InChI=1S/C14H22N4O/c1-3-12-9-11(10-13(15-2)16-12)14(19)17-18-7-5-4-6-8-18/h9-10H,3-8H2,1-2H3,(H,15,16)(H,17,19). The van der Waals surface area contributed by atoms with E-state index in [1.165, 1.54) is 6.42 Å². The number of hydrogen-bond acceptors (Lipinski definition) is 4. The Labute approximate surface area is 114 Å². The molecule has 0 unspecified atom stereocenters. The lowest BCUT2D eigenvalue weighted by Crippen LogP contribution is -2.45. The van der Waals surface area contributed by atoms with Gasteiger partial charge in [0.05, 0.1) is 0 Å². The van der Waals surface area contributed by atoms with Crippen LogP contribution in [0.5, 0.6) is 0 Å². The highest BCUT2D eigenvalue weighted by molar-refractivity contribution is 5.94. The molecule has 2 rings (SSSR count). The summed E-state index contributed by atoms with van der Waals surface area (Å²) in [5, 5.41) is 5.01. The van der Waals surface area contributed by atoms with Gasteiger partial charge in [-0.05, 0) is 31.4 Å². The Hall–Kier alpha value is -1.62. The number of piperidine rings is 1. The lowest BCUT2D eigenvalue weighted by molar-refractivity contribution is 0.0750. The fourth-order valence-electron chi connectivity index (χ4n) is 2.24. The summed E-state index contributed by atoms with van der Waals surface area (Å²) in [5.41, 5.74) is 4.57. The van der Waals surface area contributed by atoms with E-state index in [4.69, 9.17) is 0 Å². The van der Waals surface area contributed by atoms with Crippen molar-refractivity contribution in [2.75, 3.05) is 25.5 Å². The molecule has 104 valence electrons. The number of nitrogens with one attached hydrogen (secondary N) is 2. The summed E-state index contributed by atoms with van der Waals surface area (Å²) in [7, 11) is 1.81. The van der Waals surface area contributed by atoms with Crippen molar-refractivity contribution in [1.82, 2.24) is 15.4 Å². The van der Waals surface area contributed by atoms with E-state index in [2.05, 4.69) is 15.7 Å². The van der Waals surface area contributed by atoms with Crippen molar-refractivity contribution in [2.24, 2.45) is 0 Å². The number of hydrazine groups is 1. The minimum atomic E-state index is -0.0458. The van der Waals surface area contributed by atoms with Gasteiger partial charge in [0.15, 0.2) is 0 Å². The smallest absolute Gasteiger partial charge is 0.265 e. The lowest BCUT2D eigenvalue weighted by atomic mass is 10.1. The molecule has 1 saturated heterocycles. The van der Waals surface area contributed by atoms with Crippen molar-refractivity contribution >= 4 is 11.7 Å². The van der Waals surface area contributed by atoms with Crippen LogP contribution in [0, 0.1) is 0 Å². The largest absolute Gasteiger partial charge is 0.373 e. The Morgan fingerprint density at radius 3 is 2.68 bits per heavy atom. The number of aromatic nitrogens is 1. The maximum Gasteiger partial charge on any atom is 0.265 e. The van der Waals surface area contributed by atoms with Crippen LogP contribution in [0.25, 0.3) is 0 Å². The first-order valence-electron chi connectivity index (χ1n) is 6.97. The van der Waals surface area contributed by atoms with Crippen LogP contribution in [0.1, 0.15) is 42.2 Å². The highest BCUT2D eigenvalue weighted by Crippen LogP contribution is 2.12. The second-order valence-corrected chi connectivity index (χ2v) is 4.82. The van der Waals surface area contributed by atoms with Gasteiger partial charge >= 0.3 is 0 Å². The second kappa shape index (κ2) is 6.52. The summed E-state index contributed by atoms with van der Waals surface area (Å²) in [6.45, 7) is 3.92. The molecular weight excluding hydrogens is 240 g/mol. The zero-order chi connectivity index (χ0) is 13.7. The molecule has 1 aliphatic rings. The number of pyridine rings is 1. The molecule has 5 nitrogen and oxygen atoms in total. The van der Waals surface area contributed by atoms with Gasteiger partial charge in [-0.1, -0.05) is 13.3 Å². The Morgan fingerprint density at radius 2 is 2.05 bits per heavy atom. The van der Waals surface area contributed by atoms with Crippen molar-refractivity contribution in [3.8, 4) is 0 Å². The Kier molecular flexibility index (Phi) is 4.74. The predicted molar refractivity (Wildman–Crippen MR) is 76.1 cm³/mol.